The minimum absolute atomic E-state index is 0.419. The topological polar surface area (TPSA) is 58.0 Å². The van der Waals surface area contributed by atoms with Gasteiger partial charge in [0, 0.05) is 17.0 Å². The fourth-order valence-electron chi connectivity index (χ4n) is 1.42. The Kier molecular flexibility index (Phi) is 3.22. The first-order valence-corrected chi connectivity index (χ1v) is 5.37. The number of fused-ring (bicyclic) bond motifs is 1. The fraction of sp³-hybridized carbons (Fsp3) is 0.273. The summed E-state index contributed by atoms with van der Waals surface area (Å²) < 4.78 is 0. The van der Waals surface area contributed by atoms with Crippen LogP contribution >= 0.6 is 11.6 Å². The van der Waals surface area contributed by atoms with Crippen LogP contribution in [0.4, 0.5) is 5.82 Å². The van der Waals surface area contributed by atoms with Crippen LogP contribution < -0.4 is 5.32 Å². The Morgan fingerprint density at radius 2 is 2.25 bits per heavy atom. The minimum atomic E-state index is -0.419. The zero-order chi connectivity index (χ0) is 11.5. The molecule has 1 aromatic heterocycles. The number of benzene rings is 1. The molecule has 1 heterocycles. The predicted octanol–water partition coefficient (Wildman–Crippen LogP) is 2.08. The molecule has 0 radical (unpaired) electrons. The van der Waals surface area contributed by atoms with Gasteiger partial charge in [0.25, 0.3) is 0 Å². The van der Waals surface area contributed by atoms with E-state index in [0.717, 1.165) is 10.9 Å². The van der Waals surface area contributed by atoms with Crippen molar-refractivity contribution in [2.45, 2.75) is 13.0 Å². The maximum absolute atomic E-state index is 9.20. The summed E-state index contributed by atoms with van der Waals surface area (Å²) in [5.74, 6) is 0.711. The largest absolute Gasteiger partial charge is 0.392 e. The lowest BCUT2D eigenvalue weighted by molar-refractivity contribution is 0.208. The van der Waals surface area contributed by atoms with Gasteiger partial charge in [0.2, 0.25) is 0 Å². The van der Waals surface area contributed by atoms with E-state index in [0.29, 0.717) is 17.4 Å². The van der Waals surface area contributed by atoms with E-state index in [1.165, 1.54) is 6.33 Å². The van der Waals surface area contributed by atoms with Crippen LogP contribution in [0.15, 0.2) is 24.5 Å². The molecule has 0 fully saturated rings. The molecule has 0 bridgehead atoms. The van der Waals surface area contributed by atoms with E-state index in [-0.39, 0.29) is 0 Å². The Morgan fingerprint density at radius 3 is 3.00 bits per heavy atom. The van der Waals surface area contributed by atoms with Crippen molar-refractivity contribution in [1.82, 2.24) is 9.97 Å². The molecule has 4 nitrogen and oxygen atoms in total. The van der Waals surface area contributed by atoms with Gasteiger partial charge in [-0.2, -0.15) is 0 Å². The molecule has 16 heavy (non-hydrogen) atoms. The van der Waals surface area contributed by atoms with Crippen LogP contribution in [0, 0.1) is 0 Å². The molecule has 1 aromatic carbocycles. The van der Waals surface area contributed by atoms with Gasteiger partial charge in [-0.1, -0.05) is 11.6 Å². The summed E-state index contributed by atoms with van der Waals surface area (Å²) in [7, 11) is 0. The van der Waals surface area contributed by atoms with Crippen LogP contribution in [-0.2, 0) is 0 Å². The van der Waals surface area contributed by atoms with E-state index >= 15 is 0 Å². The molecular weight excluding hydrogens is 226 g/mol. The van der Waals surface area contributed by atoms with Gasteiger partial charge in [-0.15, -0.1) is 0 Å². The fourth-order valence-corrected chi connectivity index (χ4v) is 1.58. The highest BCUT2D eigenvalue weighted by Gasteiger charge is 2.04. The number of nitrogens with one attached hydrogen (secondary N) is 1. The van der Waals surface area contributed by atoms with Crippen molar-refractivity contribution in [3.63, 3.8) is 0 Å². The molecule has 0 aliphatic rings. The number of halogens is 1. The Bertz CT molecular complexity index is 502. The number of hydrogen-bond donors (Lipinski definition) is 2. The second-order valence-electron chi connectivity index (χ2n) is 3.61. The number of aliphatic hydroxyl groups is 1. The molecule has 1 unspecified atom stereocenters. The summed E-state index contributed by atoms with van der Waals surface area (Å²) in [4.78, 5) is 8.26. The molecule has 5 heteroatoms. The van der Waals surface area contributed by atoms with Crippen molar-refractivity contribution in [2.75, 3.05) is 11.9 Å². The van der Waals surface area contributed by atoms with E-state index < -0.39 is 6.10 Å². The normalized spacial score (nSPS) is 12.7. The van der Waals surface area contributed by atoms with Crippen LogP contribution in [0.2, 0.25) is 5.02 Å². The maximum Gasteiger partial charge on any atom is 0.137 e. The van der Waals surface area contributed by atoms with Crippen LogP contribution in [-0.4, -0.2) is 27.7 Å². The van der Waals surface area contributed by atoms with Crippen molar-refractivity contribution >= 4 is 28.3 Å². The average molecular weight is 238 g/mol. The maximum atomic E-state index is 9.20. The molecule has 0 amide bonds. The van der Waals surface area contributed by atoms with Crippen molar-refractivity contribution in [3.8, 4) is 0 Å². The lowest BCUT2D eigenvalue weighted by Crippen LogP contribution is -2.16. The second kappa shape index (κ2) is 4.63. The van der Waals surface area contributed by atoms with Gasteiger partial charge in [-0.3, -0.25) is 0 Å². The number of aliphatic hydroxyl groups excluding tert-OH is 1. The number of hydrogen-bond acceptors (Lipinski definition) is 4. The van der Waals surface area contributed by atoms with Gasteiger partial charge in [-0.25, -0.2) is 9.97 Å². The summed E-state index contributed by atoms with van der Waals surface area (Å²) in [6, 6.07) is 5.44. The summed E-state index contributed by atoms with van der Waals surface area (Å²) in [5.41, 5.74) is 0.788. The third-order valence-corrected chi connectivity index (χ3v) is 2.40. The predicted molar refractivity (Wildman–Crippen MR) is 64.7 cm³/mol. The van der Waals surface area contributed by atoms with E-state index in [1.807, 2.05) is 6.07 Å². The molecule has 1 atom stereocenters. The Hall–Kier alpha value is -1.39. The van der Waals surface area contributed by atoms with Gasteiger partial charge < -0.3 is 10.4 Å². The quantitative estimate of drug-likeness (QED) is 0.858. The second-order valence-corrected chi connectivity index (χ2v) is 4.05. The standard InChI is InChI=1S/C11H12ClN3O/c1-7(16)5-13-11-9-3-2-8(12)4-10(9)14-6-15-11/h2-4,6-7,16H,5H2,1H3,(H,13,14,15). The van der Waals surface area contributed by atoms with Crippen molar-refractivity contribution < 1.29 is 5.11 Å². The van der Waals surface area contributed by atoms with Crippen LogP contribution in [0.5, 0.6) is 0 Å². The third-order valence-electron chi connectivity index (χ3n) is 2.16. The summed E-state index contributed by atoms with van der Waals surface area (Å²) >= 11 is 5.88. The van der Waals surface area contributed by atoms with E-state index in [9.17, 15) is 5.11 Å². The summed E-state index contributed by atoms with van der Waals surface area (Å²) in [6.07, 6.45) is 1.06. The first-order chi connectivity index (χ1) is 7.66. The highest BCUT2D eigenvalue weighted by Crippen LogP contribution is 2.22. The molecule has 2 rings (SSSR count). The zero-order valence-corrected chi connectivity index (χ0v) is 9.57. The summed E-state index contributed by atoms with van der Waals surface area (Å²) in [5, 5.41) is 13.8. The molecule has 0 saturated carbocycles. The summed E-state index contributed by atoms with van der Waals surface area (Å²) in [6.45, 7) is 2.17. The van der Waals surface area contributed by atoms with E-state index in [2.05, 4.69) is 15.3 Å². The molecule has 0 spiro atoms. The Labute approximate surface area is 98.3 Å². The van der Waals surface area contributed by atoms with Gasteiger partial charge in [0.15, 0.2) is 0 Å². The van der Waals surface area contributed by atoms with Crippen LogP contribution in [0.3, 0.4) is 0 Å². The van der Waals surface area contributed by atoms with Crippen molar-refractivity contribution in [2.24, 2.45) is 0 Å². The Morgan fingerprint density at radius 1 is 1.44 bits per heavy atom. The monoisotopic (exact) mass is 237 g/mol. The van der Waals surface area contributed by atoms with Gasteiger partial charge in [-0.05, 0) is 25.1 Å². The molecule has 2 N–H and O–H groups in total. The van der Waals surface area contributed by atoms with E-state index in [1.54, 1.807) is 19.1 Å². The lowest BCUT2D eigenvalue weighted by Gasteiger charge is -2.09. The van der Waals surface area contributed by atoms with Crippen LogP contribution in [0.25, 0.3) is 10.9 Å². The van der Waals surface area contributed by atoms with Crippen LogP contribution in [0.1, 0.15) is 6.92 Å². The first kappa shape index (κ1) is 11.1. The highest BCUT2D eigenvalue weighted by molar-refractivity contribution is 6.31. The lowest BCUT2D eigenvalue weighted by atomic mass is 10.2. The highest BCUT2D eigenvalue weighted by atomic mass is 35.5. The molecular formula is C11H12ClN3O. The minimum Gasteiger partial charge on any atom is -0.392 e. The van der Waals surface area contributed by atoms with E-state index in [4.69, 9.17) is 11.6 Å². The smallest absolute Gasteiger partial charge is 0.137 e. The molecule has 2 aromatic rings. The average Bonchev–Trinajstić information content (AvgIpc) is 2.25. The first-order valence-electron chi connectivity index (χ1n) is 4.99. The van der Waals surface area contributed by atoms with Gasteiger partial charge in [0.05, 0.1) is 11.6 Å². The number of rotatable bonds is 3. The number of aromatic nitrogens is 2. The van der Waals surface area contributed by atoms with Gasteiger partial charge >= 0.3 is 0 Å². The Balaban J connectivity index is 2.38. The zero-order valence-electron chi connectivity index (χ0n) is 8.81. The molecule has 0 aliphatic heterocycles. The SMILES string of the molecule is CC(O)CNc1ncnc2cc(Cl)ccc12. The molecule has 0 saturated heterocycles. The van der Waals surface area contributed by atoms with Gasteiger partial charge in [0.1, 0.15) is 12.1 Å². The number of nitrogens with zero attached hydrogens (tertiary/aromatic N) is 2. The molecule has 0 aliphatic carbocycles. The third kappa shape index (κ3) is 2.40. The molecule has 84 valence electrons. The van der Waals surface area contributed by atoms with Crippen molar-refractivity contribution in [3.05, 3.63) is 29.5 Å². The van der Waals surface area contributed by atoms with Crippen molar-refractivity contribution in [1.29, 1.82) is 0 Å². The number of anilines is 1.